The van der Waals surface area contributed by atoms with Crippen LogP contribution >= 0.6 is 0 Å². The summed E-state index contributed by atoms with van der Waals surface area (Å²) in [7, 11) is 0. The first-order valence-electron chi connectivity index (χ1n) is 7.80. The Hall–Kier alpha value is -1.90. The van der Waals surface area contributed by atoms with Crippen molar-refractivity contribution in [1.82, 2.24) is 4.90 Å². The van der Waals surface area contributed by atoms with E-state index < -0.39 is 11.6 Å². The fourth-order valence-corrected chi connectivity index (χ4v) is 3.38. The minimum atomic E-state index is -0.769. The van der Waals surface area contributed by atoms with E-state index in [-0.39, 0.29) is 23.9 Å². The molecule has 2 aliphatic heterocycles. The molecule has 1 fully saturated rings. The van der Waals surface area contributed by atoms with E-state index in [1.165, 1.54) is 0 Å². The van der Waals surface area contributed by atoms with Gasteiger partial charge >= 0.3 is 5.97 Å². The summed E-state index contributed by atoms with van der Waals surface area (Å²) in [5.41, 5.74) is -0.437. The predicted octanol–water partition coefficient (Wildman–Crippen LogP) is 2.44. The van der Waals surface area contributed by atoms with E-state index in [2.05, 4.69) is 16.1 Å². The van der Waals surface area contributed by atoms with Crippen molar-refractivity contribution in [2.45, 2.75) is 70.1 Å². The molecule has 22 heavy (non-hydrogen) atoms. The largest absolute Gasteiger partial charge is 0.481 e. The van der Waals surface area contributed by atoms with Gasteiger partial charge in [-0.2, -0.15) is 10.2 Å². The van der Waals surface area contributed by atoms with Crippen LogP contribution in [-0.2, 0) is 9.59 Å². The van der Waals surface area contributed by atoms with Crippen LogP contribution in [0.3, 0.4) is 0 Å². The fourth-order valence-electron chi connectivity index (χ4n) is 3.38. The average Bonchev–Trinajstić information content (AvgIpc) is 3.22. The monoisotopic (exact) mass is 305 g/mol. The lowest BCUT2D eigenvalue weighted by atomic mass is 9.86. The first kappa shape index (κ1) is 16.5. The number of terminal acetylenes is 1. The smallest absolute Gasteiger partial charge is 0.306 e. The maximum Gasteiger partial charge on any atom is 0.306 e. The standard InChI is InChI=1S/C16H23N3O3/c1-4-5-7-16(17-18-16)8-6-14(20)19-11(2)9-13(15(21)22)10-12(19)3/h1,11-13H,5-10H2,2-3H3,(H,21,22). The highest BCUT2D eigenvalue weighted by Gasteiger charge is 2.41. The quantitative estimate of drug-likeness (QED) is 0.765. The van der Waals surface area contributed by atoms with E-state index in [4.69, 9.17) is 11.5 Å². The molecular formula is C16H23N3O3. The lowest BCUT2D eigenvalue weighted by Crippen LogP contribution is -2.51. The normalized spacial score (nSPS) is 29.0. The number of carboxylic acids is 1. The molecule has 2 atom stereocenters. The van der Waals surface area contributed by atoms with Gasteiger partial charge in [-0.1, -0.05) is 0 Å². The number of carbonyl (C=O) groups is 2. The van der Waals surface area contributed by atoms with Crippen molar-refractivity contribution in [1.29, 1.82) is 0 Å². The molecule has 0 aromatic rings. The van der Waals surface area contributed by atoms with Crippen LogP contribution in [0, 0.1) is 18.3 Å². The number of hydrogen-bond acceptors (Lipinski definition) is 4. The number of aliphatic carboxylic acids is 1. The van der Waals surface area contributed by atoms with Gasteiger partial charge in [0.25, 0.3) is 0 Å². The molecule has 2 unspecified atom stereocenters. The first-order valence-corrected chi connectivity index (χ1v) is 7.80. The van der Waals surface area contributed by atoms with Gasteiger partial charge in [-0.15, -0.1) is 12.3 Å². The molecule has 6 heteroatoms. The maximum atomic E-state index is 12.5. The van der Waals surface area contributed by atoms with E-state index in [1.807, 2.05) is 18.7 Å². The number of amides is 1. The summed E-state index contributed by atoms with van der Waals surface area (Å²) in [5.74, 6) is 1.50. The second-order valence-electron chi connectivity index (χ2n) is 6.39. The van der Waals surface area contributed by atoms with Crippen molar-refractivity contribution in [2.75, 3.05) is 0 Å². The molecule has 2 rings (SSSR count). The summed E-state index contributed by atoms with van der Waals surface area (Å²) in [6.07, 6.45) is 8.56. The Labute approximate surface area is 131 Å². The summed E-state index contributed by atoms with van der Waals surface area (Å²) in [6, 6.07) is -0.0980. The van der Waals surface area contributed by atoms with E-state index in [0.29, 0.717) is 38.5 Å². The van der Waals surface area contributed by atoms with E-state index in [9.17, 15) is 9.59 Å². The Bertz CT molecular complexity index is 505. The lowest BCUT2D eigenvalue weighted by molar-refractivity contribution is -0.150. The van der Waals surface area contributed by atoms with Crippen molar-refractivity contribution in [3.8, 4) is 12.3 Å². The molecular weight excluding hydrogens is 282 g/mol. The minimum absolute atomic E-state index is 0.0490. The summed E-state index contributed by atoms with van der Waals surface area (Å²) in [5, 5.41) is 17.2. The molecule has 6 nitrogen and oxygen atoms in total. The van der Waals surface area contributed by atoms with Crippen LogP contribution < -0.4 is 0 Å². The summed E-state index contributed by atoms with van der Waals surface area (Å²) >= 11 is 0. The highest BCUT2D eigenvalue weighted by atomic mass is 16.4. The third-order valence-electron chi connectivity index (χ3n) is 4.63. The highest BCUT2D eigenvalue weighted by Crippen LogP contribution is 2.38. The van der Waals surface area contributed by atoms with Crippen molar-refractivity contribution < 1.29 is 14.7 Å². The molecule has 0 saturated carbocycles. The van der Waals surface area contributed by atoms with E-state index in [1.54, 1.807) is 0 Å². The fraction of sp³-hybridized carbons (Fsp3) is 0.750. The maximum absolute atomic E-state index is 12.5. The highest BCUT2D eigenvalue weighted by molar-refractivity contribution is 5.78. The van der Waals surface area contributed by atoms with Crippen LogP contribution in [-0.4, -0.2) is 39.6 Å². The summed E-state index contributed by atoms with van der Waals surface area (Å²) < 4.78 is 0. The number of rotatable bonds is 6. The Morgan fingerprint density at radius 1 is 1.27 bits per heavy atom. The van der Waals surface area contributed by atoms with Gasteiger partial charge in [0.1, 0.15) is 0 Å². The Balaban J connectivity index is 1.87. The van der Waals surface area contributed by atoms with Gasteiger partial charge in [0, 0.05) is 37.8 Å². The average molecular weight is 305 g/mol. The van der Waals surface area contributed by atoms with Gasteiger partial charge in [0.15, 0.2) is 5.66 Å². The van der Waals surface area contributed by atoms with Crippen LogP contribution in [0.25, 0.3) is 0 Å². The molecule has 120 valence electrons. The second kappa shape index (κ2) is 6.47. The molecule has 0 radical (unpaired) electrons. The SMILES string of the molecule is C#CCCC1(CCC(=O)N2C(C)CC(C(=O)O)CC2C)N=N1. The zero-order valence-electron chi connectivity index (χ0n) is 13.2. The molecule has 2 aliphatic rings. The number of carbonyl (C=O) groups excluding carboxylic acids is 1. The Kier molecular flexibility index (Phi) is 4.84. The number of likely N-dealkylation sites (tertiary alicyclic amines) is 1. The van der Waals surface area contributed by atoms with Gasteiger partial charge in [-0.25, -0.2) is 0 Å². The molecule has 0 aliphatic carbocycles. The minimum Gasteiger partial charge on any atom is -0.481 e. The molecule has 0 spiro atoms. The number of nitrogens with zero attached hydrogens (tertiary/aromatic N) is 3. The molecule has 1 saturated heterocycles. The molecule has 2 heterocycles. The third-order valence-corrected chi connectivity index (χ3v) is 4.63. The van der Waals surface area contributed by atoms with E-state index in [0.717, 1.165) is 0 Å². The van der Waals surface area contributed by atoms with Crippen LogP contribution in [0.1, 0.15) is 52.4 Å². The second-order valence-corrected chi connectivity index (χ2v) is 6.39. The third kappa shape index (κ3) is 3.65. The predicted molar refractivity (Wildman–Crippen MR) is 81.0 cm³/mol. The Morgan fingerprint density at radius 2 is 1.86 bits per heavy atom. The summed E-state index contributed by atoms with van der Waals surface area (Å²) in [4.78, 5) is 25.5. The number of piperidine rings is 1. The van der Waals surface area contributed by atoms with Crippen molar-refractivity contribution in [3.05, 3.63) is 0 Å². The molecule has 0 bridgehead atoms. The zero-order chi connectivity index (χ0) is 16.3. The van der Waals surface area contributed by atoms with Crippen LogP contribution in [0.15, 0.2) is 10.2 Å². The van der Waals surface area contributed by atoms with Crippen molar-refractivity contribution in [3.63, 3.8) is 0 Å². The molecule has 1 amide bonds. The van der Waals surface area contributed by atoms with Gasteiger partial charge in [-0.05, 0) is 26.7 Å². The number of hydrogen-bond donors (Lipinski definition) is 1. The van der Waals surface area contributed by atoms with Gasteiger partial charge in [-0.3, -0.25) is 9.59 Å². The van der Waals surface area contributed by atoms with Crippen molar-refractivity contribution >= 4 is 11.9 Å². The van der Waals surface area contributed by atoms with Gasteiger partial charge < -0.3 is 10.0 Å². The van der Waals surface area contributed by atoms with Crippen LogP contribution in [0.2, 0.25) is 0 Å². The van der Waals surface area contributed by atoms with Crippen molar-refractivity contribution in [2.24, 2.45) is 16.1 Å². The van der Waals surface area contributed by atoms with Crippen LogP contribution in [0.5, 0.6) is 0 Å². The van der Waals surface area contributed by atoms with E-state index >= 15 is 0 Å². The zero-order valence-corrected chi connectivity index (χ0v) is 13.2. The molecule has 0 aromatic heterocycles. The topological polar surface area (TPSA) is 82.3 Å². The lowest BCUT2D eigenvalue weighted by Gasteiger charge is -2.41. The first-order chi connectivity index (χ1) is 10.4. The van der Waals surface area contributed by atoms with Gasteiger partial charge in [0.05, 0.1) is 5.92 Å². The summed E-state index contributed by atoms with van der Waals surface area (Å²) in [6.45, 7) is 3.84. The molecule has 1 N–H and O–H groups in total. The van der Waals surface area contributed by atoms with Crippen LogP contribution in [0.4, 0.5) is 0 Å². The number of carboxylic acid groups (broad SMARTS) is 1. The Morgan fingerprint density at radius 3 is 2.32 bits per heavy atom. The molecule has 0 aromatic carbocycles. The van der Waals surface area contributed by atoms with Gasteiger partial charge in [0.2, 0.25) is 5.91 Å².